The van der Waals surface area contributed by atoms with E-state index in [2.05, 4.69) is 11.2 Å². The third kappa shape index (κ3) is 2.68. The molecular formula is C14H19N3O3. The predicted octanol–water partition coefficient (Wildman–Crippen LogP) is 1.39. The normalized spacial score (nSPS) is 17.4. The summed E-state index contributed by atoms with van der Waals surface area (Å²) in [6, 6.07) is 2.18. The Labute approximate surface area is 118 Å². The van der Waals surface area contributed by atoms with Gasteiger partial charge >= 0.3 is 5.97 Å². The van der Waals surface area contributed by atoms with E-state index in [4.69, 9.17) is 15.1 Å². The molecule has 0 saturated heterocycles. The molecule has 1 atom stereocenters. The molecule has 0 spiro atoms. The van der Waals surface area contributed by atoms with Crippen LogP contribution in [0, 0.1) is 11.3 Å². The fourth-order valence-corrected chi connectivity index (χ4v) is 2.81. The van der Waals surface area contributed by atoms with Crippen molar-refractivity contribution < 1.29 is 14.6 Å². The average Bonchev–Trinajstić information content (AvgIpc) is 2.80. The number of esters is 1. The molecule has 0 aromatic carbocycles. The van der Waals surface area contributed by atoms with Gasteiger partial charge in [-0.25, -0.2) is 4.79 Å². The first-order valence-electron chi connectivity index (χ1n) is 6.97. The lowest BCUT2D eigenvalue weighted by atomic mass is 9.83. The summed E-state index contributed by atoms with van der Waals surface area (Å²) < 4.78 is 6.74. The zero-order valence-corrected chi connectivity index (χ0v) is 11.6. The fourth-order valence-electron chi connectivity index (χ4n) is 2.81. The number of hydrogen-bond donors (Lipinski definition) is 1. The number of nitrogens with zero attached hydrogens (tertiary/aromatic N) is 3. The molecule has 0 bridgehead atoms. The van der Waals surface area contributed by atoms with Crippen LogP contribution >= 0.6 is 0 Å². The summed E-state index contributed by atoms with van der Waals surface area (Å²) in [6.07, 6.45) is 3.06. The topological polar surface area (TPSA) is 88.1 Å². The van der Waals surface area contributed by atoms with Crippen LogP contribution in [0.4, 0.5) is 0 Å². The van der Waals surface area contributed by atoms with Crippen LogP contribution in [0.2, 0.25) is 0 Å². The minimum Gasteiger partial charge on any atom is -0.461 e. The van der Waals surface area contributed by atoms with Crippen molar-refractivity contribution in [2.75, 3.05) is 13.2 Å². The number of fused-ring (bicyclic) bond motifs is 1. The summed E-state index contributed by atoms with van der Waals surface area (Å²) in [4.78, 5) is 12.0. The largest absolute Gasteiger partial charge is 0.461 e. The van der Waals surface area contributed by atoms with Crippen molar-refractivity contribution >= 4 is 5.97 Å². The second kappa shape index (κ2) is 6.53. The molecule has 1 aliphatic rings. The number of ether oxygens (including phenoxy) is 1. The van der Waals surface area contributed by atoms with Crippen LogP contribution in [-0.4, -0.2) is 34.1 Å². The highest BCUT2D eigenvalue weighted by Gasteiger charge is 2.31. The van der Waals surface area contributed by atoms with Crippen LogP contribution in [0.3, 0.4) is 0 Å². The molecule has 6 heteroatoms. The quantitative estimate of drug-likeness (QED) is 0.821. The second-order valence-corrected chi connectivity index (χ2v) is 4.83. The Balaban J connectivity index is 2.45. The van der Waals surface area contributed by atoms with Gasteiger partial charge in [-0.1, -0.05) is 0 Å². The molecule has 1 unspecified atom stereocenters. The number of carbonyl (C=O) groups is 1. The molecule has 20 heavy (non-hydrogen) atoms. The Bertz CT molecular complexity index is 531. The summed E-state index contributed by atoms with van der Waals surface area (Å²) in [5, 5.41) is 22.4. The van der Waals surface area contributed by atoms with E-state index in [0.717, 1.165) is 30.5 Å². The minimum absolute atomic E-state index is 0.0285. The van der Waals surface area contributed by atoms with Crippen LogP contribution < -0.4 is 0 Å². The highest BCUT2D eigenvalue weighted by Crippen LogP contribution is 2.36. The zero-order valence-electron chi connectivity index (χ0n) is 11.6. The van der Waals surface area contributed by atoms with Gasteiger partial charge in [0, 0.05) is 23.6 Å². The molecule has 1 aliphatic carbocycles. The van der Waals surface area contributed by atoms with E-state index < -0.39 is 5.97 Å². The molecule has 1 N–H and O–H groups in total. The molecular weight excluding hydrogens is 258 g/mol. The number of aliphatic hydroxyl groups is 1. The first-order chi connectivity index (χ1) is 9.72. The highest BCUT2D eigenvalue weighted by molar-refractivity contribution is 5.89. The average molecular weight is 277 g/mol. The zero-order chi connectivity index (χ0) is 14.5. The lowest BCUT2D eigenvalue weighted by Gasteiger charge is -2.21. The molecule has 0 aliphatic heterocycles. The molecule has 0 radical (unpaired) electrons. The van der Waals surface area contributed by atoms with Crippen LogP contribution in [-0.2, 0) is 17.7 Å². The van der Waals surface area contributed by atoms with Gasteiger partial charge in [-0.3, -0.25) is 4.68 Å². The van der Waals surface area contributed by atoms with Crippen molar-refractivity contribution in [3.05, 3.63) is 17.0 Å². The van der Waals surface area contributed by atoms with Crippen molar-refractivity contribution in [1.82, 2.24) is 9.78 Å². The Morgan fingerprint density at radius 2 is 2.45 bits per heavy atom. The second-order valence-electron chi connectivity index (χ2n) is 4.83. The maximum Gasteiger partial charge on any atom is 0.359 e. The van der Waals surface area contributed by atoms with Gasteiger partial charge in [0.05, 0.1) is 25.8 Å². The Morgan fingerprint density at radius 1 is 1.65 bits per heavy atom. The molecule has 1 heterocycles. The lowest BCUT2D eigenvalue weighted by Crippen LogP contribution is -2.15. The third-order valence-corrected chi connectivity index (χ3v) is 3.59. The summed E-state index contributed by atoms with van der Waals surface area (Å²) in [5.74, 6) is -0.402. The van der Waals surface area contributed by atoms with E-state index >= 15 is 0 Å². The van der Waals surface area contributed by atoms with Crippen LogP contribution in [0.25, 0.3) is 0 Å². The maximum atomic E-state index is 12.0. The molecule has 1 aromatic rings. The number of nitriles is 1. The number of carbonyl (C=O) groups excluding carboxylic acids is 1. The van der Waals surface area contributed by atoms with Crippen LogP contribution in [0.15, 0.2) is 0 Å². The van der Waals surface area contributed by atoms with Crippen molar-refractivity contribution in [3.8, 4) is 6.07 Å². The van der Waals surface area contributed by atoms with E-state index in [1.54, 1.807) is 11.6 Å². The number of aliphatic hydroxyl groups excluding tert-OH is 1. The smallest absolute Gasteiger partial charge is 0.359 e. The van der Waals surface area contributed by atoms with Gasteiger partial charge in [-0.2, -0.15) is 10.4 Å². The molecule has 1 aromatic heterocycles. The Morgan fingerprint density at radius 3 is 3.10 bits per heavy atom. The molecule has 0 fully saturated rings. The van der Waals surface area contributed by atoms with E-state index in [1.165, 1.54) is 0 Å². The van der Waals surface area contributed by atoms with Crippen molar-refractivity contribution in [3.63, 3.8) is 0 Å². The monoisotopic (exact) mass is 277 g/mol. The van der Waals surface area contributed by atoms with Crippen molar-refractivity contribution in [2.45, 2.75) is 45.1 Å². The van der Waals surface area contributed by atoms with E-state index in [0.29, 0.717) is 25.3 Å². The van der Waals surface area contributed by atoms with Crippen molar-refractivity contribution in [1.29, 1.82) is 5.26 Å². The van der Waals surface area contributed by atoms with Crippen LogP contribution in [0.5, 0.6) is 0 Å². The van der Waals surface area contributed by atoms with Gasteiger partial charge in [0.1, 0.15) is 0 Å². The fraction of sp³-hybridized carbons (Fsp3) is 0.643. The molecule has 6 nitrogen and oxygen atoms in total. The predicted molar refractivity (Wildman–Crippen MR) is 71.2 cm³/mol. The standard InChI is InChI=1S/C14H19N3O3/c1-2-20-14(19)13-12-10(6-7-15)4-3-5-11(12)17(16-13)8-9-18/h10,18H,2-6,8-9H2,1H3. The van der Waals surface area contributed by atoms with Gasteiger partial charge in [0.2, 0.25) is 0 Å². The summed E-state index contributed by atoms with van der Waals surface area (Å²) >= 11 is 0. The summed E-state index contributed by atoms with van der Waals surface area (Å²) in [6.45, 7) is 2.38. The Hall–Kier alpha value is -1.87. The molecule has 0 amide bonds. The summed E-state index contributed by atoms with van der Waals surface area (Å²) in [7, 11) is 0. The van der Waals surface area contributed by atoms with Gasteiger partial charge in [0.15, 0.2) is 5.69 Å². The van der Waals surface area contributed by atoms with Gasteiger partial charge in [-0.05, 0) is 26.2 Å². The molecule has 108 valence electrons. The lowest BCUT2D eigenvalue weighted by molar-refractivity contribution is 0.0516. The number of aromatic nitrogens is 2. The van der Waals surface area contributed by atoms with Crippen LogP contribution in [0.1, 0.15) is 53.8 Å². The molecule has 2 rings (SSSR count). The minimum atomic E-state index is -0.440. The van der Waals surface area contributed by atoms with Gasteiger partial charge in [-0.15, -0.1) is 0 Å². The maximum absolute atomic E-state index is 12.0. The number of rotatable bonds is 5. The summed E-state index contributed by atoms with van der Waals surface area (Å²) in [5.41, 5.74) is 2.13. The SMILES string of the molecule is CCOC(=O)c1nn(CCO)c2c1C(CC#N)CCC2. The van der Waals surface area contributed by atoms with E-state index in [9.17, 15) is 4.79 Å². The van der Waals surface area contributed by atoms with E-state index in [1.807, 2.05) is 0 Å². The van der Waals surface area contributed by atoms with E-state index in [-0.39, 0.29) is 12.5 Å². The number of hydrogen-bond acceptors (Lipinski definition) is 5. The first-order valence-corrected chi connectivity index (χ1v) is 6.97. The molecule has 0 saturated carbocycles. The third-order valence-electron chi connectivity index (χ3n) is 3.59. The first kappa shape index (κ1) is 14.5. The van der Waals surface area contributed by atoms with Crippen molar-refractivity contribution in [2.24, 2.45) is 0 Å². The van der Waals surface area contributed by atoms with Gasteiger partial charge in [0.25, 0.3) is 0 Å². The highest BCUT2D eigenvalue weighted by atomic mass is 16.5. The Kier molecular flexibility index (Phi) is 4.74. The van der Waals surface area contributed by atoms with Gasteiger partial charge < -0.3 is 9.84 Å².